The fourth-order valence-electron chi connectivity index (χ4n) is 2.62. The van der Waals surface area contributed by atoms with Crippen molar-refractivity contribution in [2.75, 3.05) is 0 Å². The van der Waals surface area contributed by atoms with Crippen LogP contribution in [0.5, 0.6) is 0 Å². The fraction of sp³-hybridized carbons (Fsp3) is 0.400. The molecule has 3 rings (SSSR count). The lowest BCUT2D eigenvalue weighted by molar-refractivity contribution is 0.671. The van der Waals surface area contributed by atoms with Crippen molar-refractivity contribution >= 4 is 33.3 Å². The zero-order chi connectivity index (χ0) is 15.0. The highest BCUT2D eigenvalue weighted by molar-refractivity contribution is 8.00. The summed E-state index contributed by atoms with van der Waals surface area (Å²) in [7, 11) is 0. The van der Waals surface area contributed by atoms with E-state index < -0.39 is 0 Å². The Bertz CT molecular complexity index is 813. The lowest BCUT2D eigenvalue weighted by Crippen LogP contribution is -2.23. The highest BCUT2D eigenvalue weighted by Gasteiger charge is 2.23. The molecule has 0 bridgehead atoms. The standard InChI is InChI=1S/C15H15N3OS2/c1-3-7-18-14(19)12-10-5-4-6-11(10)21-13(12)17-15(18)20-9(2)8-16/h3,9H,1,4-7H2,2H3/t9-/m1/s1. The average molecular weight is 317 g/mol. The van der Waals surface area contributed by atoms with Crippen molar-refractivity contribution in [1.82, 2.24) is 9.55 Å². The molecule has 1 atom stereocenters. The van der Waals surface area contributed by atoms with Gasteiger partial charge in [0.1, 0.15) is 4.83 Å². The molecule has 0 amide bonds. The molecule has 2 aromatic heterocycles. The molecule has 1 aliphatic carbocycles. The number of rotatable bonds is 4. The first-order valence-electron chi connectivity index (χ1n) is 6.88. The lowest BCUT2D eigenvalue weighted by atomic mass is 10.2. The molecule has 0 aliphatic heterocycles. The van der Waals surface area contributed by atoms with Crippen LogP contribution in [0.1, 0.15) is 23.8 Å². The van der Waals surface area contributed by atoms with Crippen LogP contribution in [0.4, 0.5) is 0 Å². The summed E-state index contributed by atoms with van der Waals surface area (Å²) in [4.78, 5) is 19.6. The smallest absolute Gasteiger partial charge is 0.263 e. The van der Waals surface area contributed by atoms with Crippen LogP contribution < -0.4 is 5.56 Å². The fourth-order valence-corrected chi connectivity index (χ4v) is 4.73. The normalized spacial score (nSPS) is 14.9. The SMILES string of the molecule is C=CCn1c(S[C@H](C)C#N)nc2sc3c(c2c1=O)CCC3. The molecule has 0 fully saturated rings. The first kappa shape index (κ1) is 14.4. The molecular weight excluding hydrogens is 302 g/mol. The summed E-state index contributed by atoms with van der Waals surface area (Å²) in [5.41, 5.74) is 1.20. The van der Waals surface area contributed by atoms with Gasteiger partial charge in [0.2, 0.25) is 0 Å². The average Bonchev–Trinajstić information content (AvgIpc) is 3.03. The molecule has 0 unspecified atom stereocenters. The predicted molar refractivity (Wildman–Crippen MR) is 87.0 cm³/mol. The molecule has 0 spiro atoms. The van der Waals surface area contributed by atoms with Crippen LogP contribution in [0.25, 0.3) is 10.2 Å². The number of hydrogen-bond donors (Lipinski definition) is 0. The minimum atomic E-state index is -0.239. The summed E-state index contributed by atoms with van der Waals surface area (Å²) in [6, 6.07) is 2.17. The number of aryl methyl sites for hydroxylation is 2. The molecule has 0 saturated carbocycles. The number of thioether (sulfide) groups is 1. The van der Waals surface area contributed by atoms with Crippen LogP contribution in [0.2, 0.25) is 0 Å². The second-order valence-corrected chi connectivity index (χ2v) is 7.42. The third-order valence-corrected chi connectivity index (χ3v) is 5.73. The Hall–Kier alpha value is -1.58. The highest BCUT2D eigenvalue weighted by Crippen LogP contribution is 2.35. The van der Waals surface area contributed by atoms with Gasteiger partial charge in [0.15, 0.2) is 5.16 Å². The minimum absolute atomic E-state index is 0.00643. The monoisotopic (exact) mass is 317 g/mol. The second-order valence-electron chi connectivity index (χ2n) is 5.03. The van der Waals surface area contributed by atoms with Gasteiger partial charge in [-0.1, -0.05) is 17.8 Å². The first-order valence-corrected chi connectivity index (χ1v) is 8.57. The third kappa shape index (κ3) is 2.41. The van der Waals surface area contributed by atoms with Gasteiger partial charge in [-0.25, -0.2) is 4.98 Å². The zero-order valence-corrected chi connectivity index (χ0v) is 13.4. The minimum Gasteiger partial charge on any atom is -0.283 e. The molecule has 0 aromatic carbocycles. The van der Waals surface area contributed by atoms with Crippen LogP contribution >= 0.6 is 23.1 Å². The number of nitriles is 1. The van der Waals surface area contributed by atoms with E-state index in [1.807, 2.05) is 6.92 Å². The summed E-state index contributed by atoms with van der Waals surface area (Å²) >= 11 is 2.96. The first-order chi connectivity index (χ1) is 10.2. The van der Waals surface area contributed by atoms with Crippen LogP contribution in [0.15, 0.2) is 22.6 Å². The summed E-state index contributed by atoms with van der Waals surface area (Å²) < 4.78 is 1.64. The molecule has 0 saturated heterocycles. The maximum absolute atomic E-state index is 12.8. The van der Waals surface area contributed by atoms with E-state index in [1.165, 1.54) is 22.2 Å². The van der Waals surface area contributed by atoms with Gasteiger partial charge >= 0.3 is 0 Å². The van der Waals surface area contributed by atoms with Crippen molar-refractivity contribution in [1.29, 1.82) is 5.26 Å². The molecule has 2 aromatic rings. The van der Waals surface area contributed by atoms with Crippen LogP contribution in [0.3, 0.4) is 0 Å². The van der Waals surface area contributed by atoms with Gasteiger partial charge in [-0.15, -0.1) is 17.9 Å². The number of fused-ring (bicyclic) bond motifs is 3. The van der Waals surface area contributed by atoms with E-state index in [0.717, 1.165) is 29.5 Å². The van der Waals surface area contributed by atoms with E-state index in [-0.39, 0.29) is 10.8 Å². The molecular formula is C15H15N3OS2. The quantitative estimate of drug-likeness (QED) is 0.494. The van der Waals surface area contributed by atoms with E-state index in [4.69, 9.17) is 5.26 Å². The van der Waals surface area contributed by atoms with Gasteiger partial charge < -0.3 is 0 Å². The number of hydrogen-bond acceptors (Lipinski definition) is 5. The van der Waals surface area contributed by atoms with Gasteiger partial charge in [0.05, 0.1) is 16.7 Å². The molecule has 21 heavy (non-hydrogen) atoms. The summed E-state index contributed by atoms with van der Waals surface area (Å²) in [6.45, 7) is 5.96. The van der Waals surface area contributed by atoms with Gasteiger partial charge in [-0.2, -0.15) is 5.26 Å². The topological polar surface area (TPSA) is 58.7 Å². The van der Waals surface area contributed by atoms with Crippen molar-refractivity contribution in [3.63, 3.8) is 0 Å². The molecule has 6 heteroatoms. The van der Waals surface area contributed by atoms with E-state index >= 15 is 0 Å². The lowest BCUT2D eigenvalue weighted by Gasteiger charge is -2.11. The number of nitrogens with zero attached hydrogens (tertiary/aromatic N) is 3. The molecule has 1 aliphatic rings. The van der Waals surface area contributed by atoms with Gasteiger partial charge in [-0.3, -0.25) is 9.36 Å². The van der Waals surface area contributed by atoms with Crippen molar-refractivity contribution in [2.45, 2.75) is 43.1 Å². The molecule has 0 N–H and O–H groups in total. The zero-order valence-electron chi connectivity index (χ0n) is 11.8. The number of aromatic nitrogens is 2. The predicted octanol–water partition coefficient (Wildman–Crippen LogP) is 3.14. The highest BCUT2D eigenvalue weighted by atomic mass is 32.2. The Morgan fingerprint density at radius 3 is 3.14 bits per heavy atom. The number of thiophene rings is 1. The Labute approximate surface area is 131 Å². The van der Waals surface area contributed by atoms with Gasteiger partial charge in [0, 0.05) is 11.4 Å². The van der Waals surface area contributed by atoms with Crippen molar-refractivity contribution in [2.24, 2.45) is 0 Å². The summed E-state index contributed by atoms with van der Waals surface area (Å²) in [5.74, 6) is 0. The third-order valence-electron chi connectivity index (χ3n) is 3.57. The van der Waals surface area contributed by atoms with Crippen molar-refractivity contribution < 1.29 is 0 Å². The summed E-state index contributed by atoms with van der Waals surface area (Å²) in [5, 5.41) is 10.1. The Morgan fingerprint density at radius 1 is 1.62 bits per heavy atom. The van der Waals surface area contributed by atoms with Crippen LogP contribution in [0, 0.1) is 11.3 Å². The van der Waals surface area contributed by atoms with E-state index in [9.17, 15) is 4.79 Å². The van der Waals surface area contributed by atoms with Gasteiger partial charge in [-0.05, 0) is 31.7 Å². The largest absolute Gasteiger partial charge is 0.283 e. The van der Waals surface area contributed by atoms with Crippen LogP contribution in [-0.2, 0) is 19.4 Å². The van der Waals surface area contributed by atoms with Crippen LogP contribution in [-0.4, -0.2) is 14.8 Å². The Morgan fingerprint density at radius 2 is 2.43 bits per heavy atom. The van der Waals surface area contributed by atoms with Gasteiger partial charge in [0.25, 0.3) is 5.56 Å². The molecule has 2 heterocycles. The van der Waals surface area contributed by atoms with E-state index in [1.54, 1.807) is 22.0 Å². The molecule has 0 radical (unpaired) electrons. The van der Waals surface area contributed by atoms with Crippen molar-refractivity contribution in [3.8, 4) is 6.07 Å². The second kappa shape index (κ2) is 5.66. The Kier molecular flexibility index (Phi) is 3.87. The molecule has 4 nitrogen and oxygen atoms in total. The summed E-state index contributed by atoms with van der Waals surface area (Å²) in [6.07, 6.45) is 4.85. The van der Waals surface area contributed by atoms with E-state index in [0.29, 0.717) is 11.7 Å². The molecule has 108 valence electrons. The maximum atomic E-state index is 12.8. The number of allylic oxidation sites excluding steroid dienone is 1. The van der Waals surface area contributed by atoms with E-state index in [2.05, 4.69) is 17.6 Å². The van der Waals surface area contributed by atoms with Crippen molar-refractivity contribution in [3.05, 3.63) is 33.4 Å². The Balaban J connectivity index is 2.23. The maximum Gasteiger partial charge on any atom is 0.263 e.